The summed E-state index contributed by atoms with van der Waals surface area (Å²) in [5.74, 6) is 0.725. The van der Waals surface area contributed by atoms with E-state index >= 15 is 0 Å². The zero-order chi connectivity index (χ0) is 10.4. The third-order valence-corrected chi connectivity index (χ3v) is 3.23. The van der Waals surface area contributed by atoms with Crippen LogP contribution in [0.1, 0.15) is 26.7 Å². The lowest BCUT2D eigenvalue weighted by Crippen LogP contribution is -2.53. The lowest BCUT2D eigenvalue weighted by molar-refractivity contribution is 0.163. The van der Waals surface area contributed by atoms with Crippen LogP contribution in [0, 0.1) is 5.92 Å². The lowest BCUT2D eigenvalue weighted by atomic mass is 9.97. The summed E-state index contributed by atoms with van der Waals surface area (Å²) in [7, 11) is 0. The number of halogens is 1. The van der Waals surface area contributed by atoms with E-state index in [4.69, 9.17) is 0 Å². The minimum absolute atomic E-state index is 0.183. The Morgan fingerprint density at radius 1 is 1.57 bits per heavy atom. The molecule has 1 fully saturated rings. The highest BCUT2D eigenvalue weighted by molar-refractivity contribution is 4.81. The first-order valence-corrected chi connectivity index (χ1v) is 5.79. The minimum Gasteiger partial charge on any atom is -0.311 e. The molecule has 0 radical (unpaired) electrons. The molecule has 0 aromatic carbocycles. The normalized spacial score (nSPS) is 26.4. The molecule has 1 rings (SSSR count). The van der Waals surface area contributed by atoms with Gasteiger partial charge in [-0.25, -0.2) is 0 Å². The third-order valence-electron chi connectivity index (χ3n) is 3.23. The molecule has 1 aliphatic rings. The molecule has 3 heteroatoms. The Labute approximate surface area is 86.9 Å². The first kappa shape index (κ1) is 11.9. The molecule has 0 bridgehead atoms. The van der Waals surface area contributed by atoms with Crippen molar-refractivity contribution in [3.8, 4) is 0 Å². The topological polar surface area (TPSA) is 15.3 Å². The first-order chi connectivity index (χ1) is 6.77. The molecule has 2 atom stereocenters. The van der Waals surface area contributed by atoms with Crippen LogP contribution in [0.5, 0.6) is 0 Å². The molecule has 2 unspecified atom stereocenters. The summed E-state index contributed by atoms with van der Waals surface area (Å²) in [6, 6.07) is 0.605. The number of nitrogens with one attached hydrogen (secondary N) is 1. The van der Waals surface area contributed by atoms with E-state index in [0.717, 1.165) is 32.1 Å². The Hall–Kier alpha value is -0.150. The number of nitrogens with zero attached hydrogens (tertiary/aromatic N) is 1. The number of alkyl halides is 1. The molecule has 1 heterocycles. The van der Waals surface area contributed by atoms with Crippen LogP contribution >= 0.6 is 0 Å². The van der Waals surface area contributed by atoms with Crippen molar-refractivity contribution in [2.45, 2.75) is 32.7 Å². The molecule has 0 aromatic heterocycles. The van der Waals surface area contributed by atoms with Crippen molar-refractivity contribution in [1.29, 1.82) is 0 Å². The molecule has 2 nitrogen and oxygen atoms in total. The highest BCUT2D eigenvalue weighted by Crippen LogP contribution is 2.12. The molecule has 1 N–H and O–H groups in total. The quantitative estimate of drug-likeness (QED) is 0.729. The van der Waals surface area contributed by atoms with Gasteiger partial charge in [-0.05, 0) is 12.3 Å². The van der Waals surface area contributed by atoms with Crippen LogP contribution < -0.4 is 5.32 Å². The van der Waals surface area contributed by atoms with Gasteiger partial charge < -0.3 is 10.2 Å². The molecule has 14 heavy (non-hydrogen) atoms. The number of rotatable bonds is 5. The van der Waals surface area contributed by atoms with E-state index in [1.807, 2.05) is 0 Å². The van der Waals surface area contributed by atoms with Gasteiger partial charge in [0.05, 0.1) is 6.67 Å². The van der Waals surface area contributed by atoms with E-state index in [1.165, 1.54) is 6.42 Å². The van der Waals surface area contributed by atoms with E-state index in [0.29, 0.717) is 12.5 Å². The molecule has 0 spiro atoms. The summed E-state index contributed by atoms with van der Waals surface area (Å²) in [5, 5.41) is 3.54. The fraction of sp³-hybridized carbons (Fsp3) is 1.00. The van der Waals surface area contributed by atoms with E-state index in [1.54, 1.807) is 0 Å². The molecule has 1 aliphatic heterocycles. The van der Waals surface area contributed by atoms with Crippen molar-refractivity contribution in [3.63, 3.8) is 0 Å². The summed E-state index contributed by atoms with van der Waals surface area (Å²) in [5.41, 5.74) is 0. The predicted molar refractivity (Wildman–Crippen MR) is 58.3 cm³/mol. The minimum atomic E-state index is -0.183. The molecule has 1 saturated heterocycles. The molecule has 0 aromatic rings. The smallest absolute Gasteiger partial charge is 0.0906 e. The second kappa shape index (κ2) is 6.36. The van der Waals surface area contributed by atoms with Gasteiger partial charge in [0.1, 0.15) is 0 Å². The van der Waals surface area contributed by atoms with E-state index in [2.05, 4.69) is 24.1 Å². The molecular formula is C11H23FN2. The number of hydrogen-bond donors (Lipinski definition) is 1. The Balaban J connectivity index is 2.28. The fourth-order valence-electron chi connectivity index (χ4n) is 1.99. The van der Waals surface area contributed by atoms with Gasteiger partial charge in [-0.3, -0.25) is 4.39 Å². The van der Waals surface area contributed by atoms with E-state index in [-0.39, 0.29) is 6.67 Å². The second-order valence-corrected chi connectivity index (χ2v) is 4.29. The highest BCUT2D eigenvalue weighted by Gasteiger charge is 2.22. The van der Waals surface area contributed by atoms with Gasteiger partial charge >= 0.3 is 0 Å². The monoisotopic (exact) mass is 202 g/mol. The molecule has 0 saturated carbocycles. The van der Waals surface area contributed by atoms with Crippen molar-refractivity contribution >= 4 is 0 Å². The largest absolute Gasteiger partial charge is 0.311 e. The van der Waals surface area contributed by atoms with Gasteiger partial charge in [-0.15, -0.1) is 0 Å². The SMILES string of the molecule is CCC(C)C1CN(CCCF)CCN1. The standard InChI is InChI=1S/C11H23FN2/c1-3-10(2)11-9-14(7-4-5-12)8-6-13-11/h10-11,13H,3-9H2,1-2H3. The van der Waals surface area contributed by atoms with Gasteiger partial charge in [0.2, 0.25) is 0 Å². The van der Waals surface area contributed by atoms with Crippen LogP contribution in [0.2, 0.25) is 0 Å². The second-order valence-electron chi connectivity index (χ2n) is 4.29. The van der Waals surface area contributed by atoms with Crippen molar-refractivity contribution in [1.82, 2.24) is 10.2 Å². The summed E-state index contributed by atoms with van der Waals surface area (Å²) < 4.78 is 12.0. The lowest BCUT2D eigenvalue weighted by Gasteiger charge is -2.36. The van der Waals surface area contributed by atoms with Gasteiger partial charge in [0.25, 0.3) is 0 Å². The Bertz CT molecular complexity index is 152. The van der Waals surface area contributed by atoms with Crippen LogP contribution in [0.3, 0.4) is 0 Å². The van der Waals surface area contributed by atoms with Gasteiger partial charge in [-0.1, -0.05) is 20.3 Å². The zero-order valence-electron chi connectivity index (χ0n) is 9.43. The number of piperazine rings is 1. The van der Waals surface area contributed by atoms with Crippen molar-refractivity contribution in [2.24, 2.45) is 5.92 Å². The van der Waals surface area contributed by atoms with E-state index < -0.39 is 0 Å². The summed E-state index contributed by atoms with van der Waals surface area (Å²) in [6.45, 7) is 8.48. The van der Waals surface area contributed by atoms with Crippen molar-refractivity contribution in [2.75, 3.05) is 32.9 Å². The van der Waals surface area contributed by atoms with Crippen LogP contribution in [0.4, 0.5) is 4.39 Å². The van der Waals surface area contributed by atoms with Crippen LogP contribution in [-0.4, -0.2) is 43.8 Å². The summed E-state index contributed by atoms with van der Waals surface area (Å²) in [4.78, 5) is 2.38. The molecule has 84 valence electrons. The molecular weight excluding hydrogens is 179 g/mol. The summed E-state index contributed by atoms with van der Waals surface area (Å²) in [6.07, 6.45) is 1.90. The van der Waals surface area contributed by atoms with Crippen LogP contribution in [0.15, 0.2) is 0 Å². The van der Waals surface area contributed by atoms with Gasteiger partial charge in [0, 0.05) is 32.2 Å². The maximum absolute atomic E-state index is 12.0. The zero-order valence-corrected chi connectivity index (χ0v) is 9.43. The Kier molecular flexibility index (Phi) is 5.41. The highest BCUT2D eigenvalue weighted by atomic mass is 19.1. The first-order valence-electron chi connectivity index (χ1n) is 5.79. The van der Waals surface area contributed by atoms with Gasteiger partial charge in [-0.2, -0.15) is 0 Å². The van der Waals surface area contributed by atoms with Gasteiger partial charge in [0.15, 0.2) is 0 Å². The van der Waals surface area contributed by atoms with Crippen molar-refractivity contribution < 1.29 is 4.39 Å². The van der Waals surface area contributed by atoms with Crippen molar-refractivity contribution in [3.05, 3.63) is 0 Å². The Morgan fingerprint density at radius 3 is 3.00 bits per heavy atom. The fourth-order valence-corrected chi connectivity index (χ4v) is 1.99. The molecule has 0 aliphatic carbocycles. The predicted octanol–water partition coefficient (Wildman–Crippen LogP) is 1.67. The number of hydrogen-bond acceptors (Lipinski definition) is 2. The Morgan fingerprint density at radius 2 is 2.36 bits per heavy atom. The van der Waals surface area contributed by atoms with Crippen LogP contribution in [0.25, 0.3) is 0 Å². The average molecular weight is 202 g/mol. The third kappa shape index (κ3) is 3.54. The average Bonchev–Trinajstić information content (AvgIpc) is 2.25. The van der Waals surface area contributed by atoms with E-state index in [9.17, 15) is 4.39 Å². The maximum atomic E-state index is 12.0. The van der Waals surface area contributed by atoms with Crippen LogP contribution in [-0.2, 0) is 0 Å². The maximum Gasteiger partial charge on any atom is 0.0906 e. The summed E-state index contributed by atoms with van der Waals surface area (Å²) >= 11 is 0. The molecule has 0 amide bonds.